The molecule has 60 valence electrons. The molecule has 1 rings (SSSR count). The quantitative estimate of drug-likeness (QED) is 0.526. The van der Waals surface area contributed by atoms with Gasteiger partial charge in [0.15, 0.2) is 24.8 Å². The molecule has 0 atom stereocenters. The Kier molecular flexibility index (Phi) is 1.99. The molecule has 1 saturated heterocycles. The van der Waals surface area contributed by atoms with E-state index < -0.39 is 24.8 Å². The van der Waals surface area contributed by atoms with Crippen molar-refractivity contribution in [1.82, 2.24) is 0 Å². The largest absolute Gasteiger partial charge is 0.227 e. The van der Waals surface area contributed by atoms with Crippen molar-refractivity contribution in [2.75, 3.05) is 15.3 Å². The normalized spacial score (nSPS) is 29.6. The summed E-state index contributed by atoms with van der Waals surface area (Å²) in [5.74, 6) is 0. The summed E-state index contributed by atoms with van der Waals surface area (Å²) in [4.78, 5) is 0. The first kappa shape index (κ1) is 8.35. The van der Waals surface area contributed by atoms with Gasteiger partial charge in [0.2, 0.25) is 0 Å². The summed E-state index contributed by atoms with van der Waals surface area (Å²) in [6, 6.07) is 0. The molecular weight excluding hydrogens is 196 g/mol. The van der Waals surface area contributed by atoms with Gasteiger partial charge in [-0.1, -0.05) is 0 Å². The van der Waals surface area contributed by atoms with Crippen LogP contribution in [-0.4, -0.2) is 32.1 Å². The average molecular weight is 202 g/mol. The number of sulfone groups is 2. The molecule has 1 aliphatic rings. The summed E-state index contributed by atoms with van der Waals surface area (Å²) in [6.45, 7) is 0. The van der Waals surface area contributed by atoms with Crippen molar-refractivity contribution < 1.29 is 16.8 Å². The molecule has 0 saturated carbocycles. The standard InChI is InChI=1S/C3H6O4S3/c4-9(5)1-8-2-10(6,7)3-9/h1-3H2. The maximum atomic E-state index is 10.7. The van der Waals surface area contributed by atoms with Crippen LogP contribution in [0.4, 0.5) is 0 Å². The highest BCUT2D eigenvalue weighted by molar-refractivity contribution is 8.26. The van der Waals surface area contributed by atoms with E-state index in [1.54, 1.807) is 0 Å². The molecule has 4 nitrogen and oxygen atoms in total. The summed E-state index contributed by atoms with van der Waals surface area (Å²) in [7, 11) is -6.63. The lowest BCUT2D eigenvalue weighted by Crippen LogP contribution is -2.24. The van der Waals surface area contributed by atoms with Crippen molar-refractivity contribution in [3.8, 4) is 0 Å². The fourth-order valence-electron chi connectivity index (χ4n) is 0.630. The molecule has 0 radical (unpaired) electrons. The van der Waals surface area contributed by atoms with Crippen LogP contribution in [0.15, 0.2) is 0 Å². The highest BCUT2D eigenvalue weighted by Gasteiger charge is 2.27. The number of hydrogen-bond acceptors (Lipinski definition) is 5. The Morgan fingerprint density at radius 3 is 1.50 bits per heavy atom. The van der Waals surface area contributed by atoms with Gasteiger partial charge in [-0.3, -0.25) is 0 Å². The highest BCUT2D eigenvalue weighted by atomic mass is 32.3. The smallest absolute Gasteiger partial charge is 0.173 e. The van der Waals surface area contributed by atoms with E-state index in [-0.39, 0.29) is 10.2 Å². The zero-order valence-corrected chi connectivity index (χ0v) is 7.43. The van der Waals surface area contributed by atoms with Gasteiger partial charge in [0.05, 0.1) is 10.2 Å². The molecule has 0 amide bonds. The van der Waals surface area contributed by atoms with Gasteiger partial charge in [0.1, 0.15) is 0 Å². The monoisotopic (exact) mass is 202 g/mol. The molecule has 0 spiro atoms. The van der Waals surface area contributed by atoms with E-state index in [4.69, 9.17) is 0 Å². The maximum absolute atomic E-state index is 10.7. The lowest BCUT2D eigenvalue weighted by atomic mass is 11.8. The van der Waals surface area contributed by atoms with Gasteiger partial charge in [-0.2, -0.15) is 0 Å². The summed E-state index contributed by atoms with van der Waals surface area (Å²) in [5.41, 5.74) is 0. The van der Waals surface area contributed by atoms with E-state index in [0.29, 0.717) is 0 Å². The molecule has 0 unspecified atom stereocenters. The van der Waals surface area contributed by atoms with E-state index in [2.05, 4.69) is 0 Å². The molecule has 1 aliphatic heterocycles. The predicted molar refractivity (Wildman–Crippen MR) is 40.0 cm³/mol. The summed E-state index contributed by atoms with van der Waals surface area (Å²) < 4.78 is 42.7. The first-order valence-electron chi connectivity index (χ1n) is 2.40. The first-order chi connectivity index (χ1) is 4.41. The Morgan fingerprint density at radius 2 is 1.30 bits per heavy atom. The molecule has 10 heavy (non-hydrogen) atoms. The van der Waals surface area contributed by atoms with Gasteiger partial charge >= 0.3 is 0 Å². The molecule has 0 aliphatic carbocycles. The molecule has 0 aromatic rings. The number of rotatable bonds is 0. The van der Waals surface area contributed by atoms with Gasteiger partial charge in [0.25, 0.3) is 0 Å². The zero-order chi connectivity index (χ0) is 7.83. The van der Waals surface area contributed by atoms with Gasteiger partial charge in [-0.25, -0.2) is 16.8 Å². The molecule has 0 N–H and O–H groups in total. The maximum Gasteiger partial charge on any atom is 0.173 e. The van der Waals surface area contributed by atoms with Gasteiger partial charge in [-0.05, 0) is 0 Å². The third kappa shape index (κ3) is 2.14. The van der Waals surface area contributed by atoms with Crippen molar-refractivity contribution in [1.29, 1.82) is 0 Å². The van der Waals surface area contributed by atoms with Gasteiger partial charge in [0, 0.05) is 0 Å². The minimum atomic E-state index is -3.32. The summed E-state index contributed by atoms with van der Waals surface area (Å²) >= 11 is 0.933. The zero-order valence-electron chi connectivity index (χ0n) is 4.98. The number of hydrogen-bond donors (Lipinski definition) is 0. The van der Waals surface area contributed by atoms with Crippen LogP contribution in [-0.2, 0) is 19.7 Å². The third-order valence-electron chi connectivity index (χ3n) is 0.885. The van der Waals surface area contributed by atoms with E-state index >= 15 is 0 Å². The van der Waals surface area contributed by atoms with E-state index in [1.165, 1.54) is 0 Å². The summed E-state index contributed by atoms with van der Waals surface area (Å²) in [5, 5.41) is -0.800. The van der Waals surface area contributed by atoms with Crippen LogP contribution in [0.5, 0.6) is 0 Å². The lowest BCUT2D eigenvalue weighted by molar-refractivity contribution is 0.593. The SMILES string of the molecule is O=S1(=O)CSCS(=O)(=O)C1. The molecule has 0 aromatic carbocycles. The predicted octanol–water partition coefficient (Wildman–Crippen LogP) is -0.565. The molecule has 0 aromatic heterocycles. The Labute approximate surface area is 63.8 Å². The lowest BCUT2D eigenvalue weighted by Gasteiger charge is -2.10. The minimum absolute atomic E-state index is 0.0633. The topological polar surface area (TPSA) is 68.3 Å². The van der Waals surface area contributed by atoms with Crippen LogP contribution in [0.2, 0.25) is 0 Å². The van der Waals surface area contributed by atoms with Crippen molar-refractivity contribution >= 4 is 31.4 Å². The van der Waals surface area contributed by atoms with Crippen molar-refractivity contribution in [3.05, 3.63) is 0 Å². The average Bonchev–Trinajstić information content (AvgIpc) is 1.56. The van der Waals surface area contributed by atoms with Crippen molar-refractivity contribution in [2.45, 2.75) is 0 Å². The second-order valence-corrected chi connectivity index (χ2v) is 8.26. The molecule has 1 fully saturated rings. The summed E-state index contributed by atoms with van der Waals surface area (Å²) in [6.07, 6.45) is 0. The van der Waals surface area contributed by atoms with E-state index in [1.807, 2.05) is 0 Å². The van der Waals surface area contributed by atoms with Crippen molar-refractivity contribution in [3.63, 3.8) is 0 Å². The third-order valence-corrected chi connectivity index (χ3v) is 7.96. The number of thioether (sulfide) groups is 1. The fraction of sp³-hybridized carbons (Fsp3) is 1.00. The van der Waals surface area contributed by atoms with Crippen LogP contribution in [0.1, 0.15) is 0 Å². The second-order valence-electron chi connectivity index (χ2n) is 2.04. The highest BCUT2D eigenvalue weighted by Crippen LogP contribution is 2.18. The van der Waals surface area contributed by atoms with Crippen molar-refractivity contribution in [2.24, 2.45) is 0 Å². The van der Waals surface area contributed by atoms with Gasteiger partial charge < -0.3 is 0 Å². The Morgan fingerprint density at radius 1 is 0.900 bits per heavy atom. The molecule has 0 bridgehead atoms. The van der Waals surface area contributed by atoms with Crippen LogP contribution >= 0.6 is 11.8 Å². The Bertz CT molecular complexity index is 278. The molecular formula is C3H6O4S3. The Balaban J connectivity index is 2.97. The van der Waals surface area contributed by atoms with Gasteiger partial charge in [-0.15, -0.1) is 11.8 Å². The fourth-order valence-corrected chi connectivity index (χ4v) is 7.50. The molecule has 7 heteroatoms. The van der Waals surface area contributed by atoms with Crippen LogP contribution in [0.25, 0.3) is 0 Å². The molecule has 1 heterocycles. The van der Waals surface area contributed by atoms with E-state index in [9.17, 15) is 16.8 Å². The van der Waals surface area contributed by atoms with Crippen LogP contribution in [0.3, 0.4) is 0 Å². The minimum Gasteiger partial charge on any atom is -0.227 e. The second kappa shape index (κ2) is 2.38. The first-order valence-corrected chi connectivity index (χ1v) is 7.20. The van der Waals surface area contributed by atoms with E-state index in [0.717, 1.165) is 11.8 Å². The Hall–Kier alpha value is 0.250. The van der Waals surface area contributed by atoms with Crippen LogP contribution in [0, 0.1) is 0 Å². The van der Waals surface area contributed by atoms with Crippen LogP contribution < -0.4 is 0 Å².